The largest absolute Gasteiger partial charge is 0.618 e. The van der Waals surface area contributed by atoms with Gasteiger partial charge in [0.15, 0.2) is 12.5 Å². The van der Waals surface area contributed by atoms with Crippen LogP contribution in [0.25, 0.3) is 11.1 Å². The SMILES string of the molecule is COC(=O)[C@H](Cc1ccccc1)NC(=O)NCc1cccc(-c2cccc([C@@H]3O[C@H](CSc4cccc[n+]4[O-])C[C@H](c4ccc(CO)cc4)O3)c2)c1. The molecule has 1 aromatic heterocycles. The summed E-state index contributed by atoms with van der Waals surface area (Å²) in [7, 11) is 1.30. The fourth-order valence-corrected chi connectivity index (χ4v) is 6.96. The summed E-state index contributed by atoms with van der Waals surface area (Å²) in [5.41, 5.74) is 6.32. The summed E-state index contributed by atoms with van der Waals surface area (Å²) in [5.74, 6) is 0.0429. The number of rotatable bonds is 13. The van der Waals surface area contributed by atoms with Crippen molar-refractivity contribution >= 4 is 23.8 Å². The molecule has 0 spiro atoms. The number of hydrogen-bond donors (Lipinski definition) is 3. The number of esters is 1. The van der Waals surface area contributed by atoms with Gasteiger partial charge in [0.25, 0.3) is 5.03 Å². The Morgan fingerprint density at radius 2 is 1.60 bits per heavy atom. The second kappa shape index (κ2) is 17.8. The van der Waals surface area contributed by atoms with Crippen molar-refractivity contribution in [2.24, 2.45) is 0 Å². The van der Waals surface area contributed by atoms with Gasteiger partial charge in [0.2, 0.25) is 0 Å². The van der Waals surface area contributed by atoms with Crippen LogP contribution in [0, 0.1) is 5.21 Å². The molecule has 11 heteroatoms. The van der Waals surface area contributed by atoms with E-state index in [0.29, 0.717) is 23.6 Å². The molecule has 1 saturated heterocycles. The maximum Gasteiger partial charge on any atom is 0.328 e. The summed E-state index contributed by atoms with van der Waals surface area (Å²) >= 11 is 1.45. The number of carbonyl (C=O) groups excluding carboxylic acids is 2. The average molecular weight is 720 g/mol. The van der Waals surface area contributed by atoms with E-state index in [1.54, 1.807) is 12.1 Å². The molecule has 0 aliphatic carbocycles. The number of hydrogen-bond acceptors (Lipinski definition) is 8. The smallest absolute Gasteiger partial charge is 0.328 e. The Morgan fingerprint density at radius 3 is 2.35 bits per heavy atom. The minimum absolute atomic E-state index is 0.0368. The van der Waals surface area contributed by atoms with Gasteiger partial charge in [0, 0.05) is 42.8 Å². The molecule has 52 heavy (non-hydrogen) atoms. The molecule has 5 aromatic rings. The maximum atomic E-state index is 12.9. The first-order valence-electron chi connectivity index (χ1n) is 17.1. The van der Waals surface area contributed by atoms with E-state index in [1.807, 2.05) is 109 Å². The number of aliphatic hydroxyl groups excluding tert-OH is 1. The van der Waals surface area contributed by atoms with Crippen LogP contribution in [0.1, 0.15) is 46.6 Å². The third-order valence-corrected chi connectivity index (χ3v) is 9.92. The Morgan fingerprint density at radius 1 is 0.865 bits per heavy atom. The molecule has 3 N–H and O–H groups in total. The van der Waals surface area contributed by atoms with Crippen LogP contribution in [0.2, 0.25) is 0 Å². The van der Waals surface area contributed by atoms with Crippen LogP contribution in [0.4, 0.5) is 4.79 Å². The monoisotopic (exact) mass is 719 g/mol. The fraction of sp³-hybridized carbons (Fsp3) is 0.244. The van der Waals surface area contributed by atoms with Crippen LogP contribution in [0.3, 0.4) is 0 Å². The van der Waals surface area contributed by atoms with Gasteiger partial charge in [-0.25, -0.2) is 9.59 Å². The number of nitrogens with zero attached hydrogens (tertiary/aromatic N) is 1. The van der Waals surface area contributed by atoms with Gasteiger partial charge in [0.05, 0.1) is 25.9 Å². The zero-order valence-electron chi connectivity index (χ0n) is 28.7. The summed E-state index contributed by atoms with van der Waals surface area (Å²) in [5, 5.41) is 28.1. The summed E-state index contributed by atoms with van der Waals surface area (Å²) in [6, 6.07) is 37.1. The molecule has 268 valence electrons. The van der Waals surface area contributed by atoms with Gasteiger partial charge in [-0.3, -0.25) is 0 Å². The molecule has 10 nitrogen and oxygen atoms in total. The molecule has 4 atom stereocenters. The molecule has 0 bridgehead atoms. The lowest BCUT2D eigenvalue weighted by Crippen LogP contribution is -2.47. The third kappa shape index (κ3) is 9.77. The molecule has 4 aromatic carbocycles. The Bertz CT molecular complexity index is 1940. The van der Waals surface area contributed by atoms with Crippen LogP contribution in [0.5, 0.6) is 0 Å². The minimum atomic E-state index is -0.829. The van der Waals surface area contributed by atoms with E-state index in [9.17, 15) is 19.9 Å². The van der Waals surface area contributed by atoms with Crippen molar-refractivity contribution in [1.29, 1.82) is 0 Å². The van der Waals surface area contributed by atoms with Crippen molar-refractivity contribution in [2.75, 3.05) is 12.9 Å². The molecule has 0 saturated carbocycles. The topological polar surface area (TPSA) is 133 Å². The van der Waals surface area contributed by atoms with E-state index < -0.39 is 24.3 Å². The van der Waals surface area contributed by atoms with Gasteiger partial charge in [-0.05, 0) is 51.6 Å². The summed E-state index contributed by atoms with van der Waals surface area (Å²) in [4.78, 5) is 25.3. The van der Waals surface area contributed by atoms with Crippen molar-refractivity contribution < 1.29 is 33.6 Å². The Kier molecular flexibility index (Phi) is 12.5. The predicted octanol–water partition coefficient (Wildman–Crippen LogP) is 6.40. The molecular formula is C41H41N3O7S. The van der Waals surface area contributed by atoms with E-state index in [4.69, 9.17) is 14.2 Å². The number of carbonyl (C=O) groups is 2. The lowest BCUT2D eigenvalue weighted by molar-refractivity contribution is -0.645. The molecule has 0 radical (unpaired) electrons. The predicted molar refractivity (Wildman–Crippen MR) is 198 cm³/mol. The highest BCUT2D eigenvalue weighted by atomic mass is 32.2. The van der Waals surface area contributed by atoms with Crippen molar-refractivity contribution in [3.05, 3.63) is 161 Å². The number of aromatic nitrogens is 1. The standard InChI is InChI=1S/C41H41N3O7S/c1-49-39(46)36(22-28-9-3-2-4-10-28)43-41(47)42-25-30-11-7-12-32(21-30)33-13-8-14-34(23-33)40-50-35(27-52-38-15-5-6-20-44(38)48)24-37(51-40)31-18-16-29(26-45)17-19-31/h2-21,23,35-37,40,45H,22,24-27H2,1H3,(H2,42,43,47)/t35-,36-,37+,40+/m0/s1. The van der Waals surface area contributed by atoms with E-state index in [0.717, 1.165) is 43.7 Å². The van der Waals surface area contributed by atoms with Crippen LogP contribution in [-0.2, 0) is 38.6 Å². The highest BCUT2D eigenvalue weighted by Crippen LogP contribution is 2.40. The Labute approximate surface area is 307 Å². The molecule has 2 amide bonds. The molecule has 1 aliphatic heterocycles. The zero-order valence-corrected chi connectivity index (χ0v) is 29.5. The lowest BCUT2D eigenvalue weighted by atomic mass is 9.99. The highest BCUT2D eigenvalue weighted by Gasteiger charge is 2.33. The number of ether oxygens (including phenoxy) is 3. The fourth-order valence-electron chi connectivity index (χ4n) is 6.03. The number of amides is 2. The molecular weight excluding hydrogens is 679 g/mol. The second-order valence-corrected chi connectivity index (χ2v) is 13.5. The normalized spacial score (nSPS) is 17.5. The third-order valence-electron chi connectivity index (χ3n) is 8.77. The first-order chi connectivity index (χ1) is 25.4. The van der Waals surface area contributed by atoms with Crippen LogP contribution < -0.4 is 15.4 Å². The zero-order chi connectivity index (χ0) is 36.3. The van der Waals surface area contributed by atoms with Gasteiger partial charge in [-0.1, -0.05) is 103 Å². The molecule has 1 fully saturated rings. The summed E-state index contributed by atoms with van der Waals surface area (Å²) < 4.78 is 18.9. The van der Waals surface area contributed by atoms with Crippen molar-refractivity contribution in [3.63, 3.8) is 0 Å². The number of urea groups is 1. The van der Waals surface area contributed by atoms with E-state index in [2.05, 4.69) is 10.6 Å². The minimum Gasteiger partial charge on any atom is -0.618 e. The molecule has 1 aliphatic rings. The first-order valence-corrected chi connectivity index (χ1v) is 18.0. The van der Waals surface area contributed by atoms with Gasteiger partial charge < -0.3 is 35.2 Å². The van der Waals surface area contributed by atoms with E-state index >= 15 is 0 Å². The maximum absolute atomic E-state index is 12.9. The van der Waals surface area contributed by atoms with Gasteiger partial charge in [-0.2, -0.15) is 4.73 Å². The van der Waals surface area contributed by atoms with Crippen molar-refractivity contribution in [2.45, 2.75) is 55.6 Å². The van der Waals surface area contributed by atoms with Crippen LogP contribution in [-0.4, -0.2) is 42.1 Å². The Balaban J connectivity index is 1.14. The van der Waals surface area contributed by atoms with Crippen LogP contribution in [0.15, 0.2) is 133 Å². The Hall–Kier alpha value is -5.20. The van der Waals surface area contributed by atoms with Crippen molar-refractivity contribution in [3.8, 4) is 11.1 Å². The number of benzene rings is 4. The van der Waals surface area contributed by atoms with Gasteiger partial charge in [-0.15, -0.1) is 0 Å². The first kappa shape index (κ1) is 36.6. The average Bonchev–Trinajstić information content (AvgIpc) is 3.19. The molecule has 0 unspecified atom stereocenters. The van der Waals surface area contributed by atoms with E-state index in [-0.39, 0.29) is 25.4 Å². The number of aliphatic hydroxyl groups is 1. The van der Waals surface area contributed by atoms with Gasteiger partial charge >= 0.3 is 12.0 Å². The molecule has 6 rings (SSSR count). The van der Waals surface area contributed by atoms with Crippen molar-refractivity contribution in [1.82, 2.24) is 10.6 Å². The summed E-state index contributed by atoms with van der Waals surface area (Å²) in [6.07, 6.45) is 1.27. The lowest BCUT2D eigenvalue weighted by Gasteiger charge is -2.36. The van der Waals surface area contributed by atoms with Crippen LogP contribution >= 0.6 is 11.8 Å². The summed E-state index contributed by atoms with van der Waals surface area (Å²) in [6.45, 7) is 0.208. The quantitative estimate of drug-likeness (QED) is 0.0552. The number of thioether (sulfide) groups is 1. The number of nitrogens with one attached hydrogen (secondary N) is 2. The van der Waals surface area contributed by atoms with Gasteiger partial charge in [0.1, 0.15) is 6.04 Å². The highest BCUT2D eigenvalue weighted by molar-refractivity contribution is 7.99. The number of pyridine rings is 1. The van der Waals surface area contributed by atoms with E-state index in [1.165, 1.54) is 25.1 Å². The second-order valence-electron chi connectivity index (χ2n) is 12.4. The number of methoxy groups -OCH3 is 1. The molecule has 2 heterocycles.